The predicted molar refractivity (Wildman–Crippen MR) is 127 cm³/mol. The highest BCUT2D eigenvalue weighted by atomic mass is 16.5. The molecule has 35 heavy (non-hydrogen) atoms. The first-order chi connectivity index (χ1) is 16.9. The zero-order chi connectivity index (χ0) is 25.5. The van der Waals surface area contributed by atoms with Crippen LogP contribution in [0.2, 0.25) is 0 Å². The van der Waals surface area contributed by atoms with E-state index in [2.05, 4.69) is 11.9 Å². The van der Waals surface area contributed by atoms with E-state index in [4.69, 9.17) is 14.2 Å². The molecule has 0 fully saturated rings. The maximum absolute atomic E-state index is 13.2. The number of hydrogen-bond acceptors (Lipinski definition) is 8. The van der Waals surface area contributed by atoms with Gasteiger partial charge in [0, 0.05) is 43.3 Å². The third kappa shape index (κ3) is 5.39. The van der Waals surface area contributed by atoms with Crippen LogP contribution in [0.15, 0.2) is 36.4 Å². The number of methoxy groups -OCH3 is 2. The highest BCUT2D eigenvalue weighted by Gasteiger charge is 2.51. The molecular formula is C25H32N2O8. The van der Waals surface area contributed by atoms with Crippen LogP contribution in [-0.2, 0) is 14.3 Å². The number of amides is 2. The molecule has 0 spiro atoms. The topological polar surface area (TPSA) is 135 Å². The van der Waals surface area contributed by atoms with Crippen molar-refractivity contribution in [3.63, 3.8) is 0 Å². The monoisotopic (exact) mass is 488 g/mol. The van der Waals surface area contributed by atoms with Crippen molar-refractivity contribution in [1.82, 2.24) is 10.2 Å². The summed E-state index contributed by atoms with van der Waals surface area (Å²) in [6.07, 6.45) is 2.41. The first-order valence-electron chi connectivity index (χ1n) is 11.4. The summed E-state index contributed by atoms with van der Waals surface area (Å²) in [5.74, 6) is -0.780. The Morgan fingerprint density at radius 1 is 1.31 bits per heavy atom. The number of hydrogen-bond donors (Lipinski definition) is 3. The van der Waals surface area contributed by atoms with Crippen molar-refractivity contribution in [2.45, 2.75) is 37.0 Å². The maximum atomic E-state index is 13.2. The van der Waals surface area contributed by atoms with Crippen molar-refractivity contribution in [2.24, 2.45) is 0 Å². The van der Waals surface area contributed by atoms with Gasteiger partial charge in [-0.25, -0.2) is 0 Å². The van der Waals surface area contributed by atoms with Crippen LogP contribution in [0.3, 0.4) is 0 Å². The van der Waals surface area contributed by atoms with Crippen LogP contribution in [0.4, 0.5) is 0 Å². The average Bonchev–Trinajstić information content (AvgIpc) is 3.26. The summed E-state index contributed by atoms with van der Waals surface area (Å²) >= 11 is 0. The van der Waals surface area contributed by atoms with Crippen molar-refractivity contribution >= 4 is 18.1 Å². The van der Waals surface area contributed by atoms with Gasteiger partial charge in [0.25, 0.3) is 0 Å². The van der Waals surface area contributed by atoms with Gasteiger partial charge in [-0.3, -0.25) is 14.4 Å². The Labute approximate surface area is 204 Å². The zero-order valence-corrected chi connectivity index (χ0v) is 19.9. The quantitative estimate of drug-likeness (QED) is 0.287. The summed E-state index contributed by atoms with van der Waals surface area (Å²) in [6.45, 7) is 3.85. The van der Waals surface area contributed by atoms with Crippen LogP contribution in [0, 0.1) is 0 Å². The molecule has 0 aromatic heterocycles. The van der Waals surface area contributed by atoms with E-state index in [0.717, 1.165) is 0 Å². The van der Waals surface area contributed by atoms with Gasteiger partial charge in [0.05, 0.1) is 32.3 Å². The number of nitrogens with one attached hydrogen (secondary N) is 1. The van der Waals surface area contributed by atoms with Crippen LogP contribution < -0.4 is 14.8 Å². The van der Waals surface area contributed by atoms with Crippen LogP contribution in [0.5, 0.6) is 11.5 Å². The zero-order valence-electron chi connectivity index (χ0n) is 19.9. The number of carbonyl (C=O) groups is 3. The smallest absolute Gasteiger partial charge is 0.247 e. The molecule has 10 heteroatoms. The Balaban J connectivity index is 2.10. The number of benzene rings is 1. The lowest BCUT2D eigenvalue weighted by atomic mass is 9.77. The van der Waals surface area contributed by atoms with Gasteiger partial charge in [0.15, 0.2) is 11.5 Å². The number of nitrogens with zero attached hydrogens (tertiary/aromatic N) is 1. The molecule has 1 aromatic rings. The fourth-order valence-electron chi connectivity index (χ4n) is 4.56. The van der Waals surface area contributed by atoms with E-state index in [1.165, 1.54) is 25.2 Å². The Bertz CT molecular complexity index is 992. The molecule has 0 radical (unpaired) electrons. The molecule has 2 amide bonds. The highest BCUT2D eigenvalue weighted by molar-refractivity contribution is 5.96. The Morgan fingerprint density at radius 3 is 2.71 bits per heavy atom. The fraction of sp³-hybridized carbons (Fsp3) is 0.480. The molecule has 0 bridgehead atoms. The number of allylic oxidation sites excluding steroid dienone is 1. The molecule has 0 saturated heterocycles. The van der Waals surface area contributed by atoms with Crippen molar-refractivity contribution in [1.29, 1.82) is 0 Å². The van der Waals surface area contributed by atoms with E-state index in [9.17, 15) is 24.6 Å². The molecule has 1 heterocycles. The Morgan fingerprint density at radius 2 is 2.09 bits per heavy atom. The summed E-state index contributed by atoms with van der Waals surface area (Å²) in [6, 6.07) is 2.25. The van der Waals surface area contributed by atoms with Gasteiger partial charge in [0.2, 0.25) is 11.8 Å². The van der Waals surface area contributed by atoms with Crippen LogP contribution in [-0.4, -0.2) is 92.0 Å². The van der Waals surface area contributed by atoms with Crippen molar-refractivity contribution in [2.75, 3.05) is 40.5 Å². The molecule has 1 aliphatic carbocycles. The number of aliphatic hydroxyl groups excluding tert-OH is 2. The van der Waals surface area contributed by atoms with Crippen molar-refractivity contribution in [3.8, 4) is 11.5 Å². The van der Waals surface area contributed by atoms with E-state index in [-0.39, 0.29) is 44.2 Å². The molecule has 0 saturated carbocycles. The van der Waals surface area contributed by atoms with E-state index < -0.39 is 30.1 Å². The highest BCUT2D eigenvalue weighted by Crippen LogP contribution is 2.51. The van der Waals surface area contributed by atoms with Crippen LogP contribution in [0.1, 0.15) is 34.7 Å². The molecule has 4 atom stereocenters. The molecule has 3 rings (SSSR count). The molecule has 4 unspecified atom stereocenters. The van der Waals surface area contributed by atoms with Crippen LogP contribution in [0.25, 0.3) is 0 Å². The van der Waals surface area contributed by atoms with E-state index in [0.29, 0.717) is 35.3 Å². The minimum Gasteiger partial charge on any atom is -0.493 e. The SMILES string of the molecule is C=CCCC(=O)N(CCOC)C1C=C(C(=O)NCCO)C2c3cc(C=O)cc(OC)c3OC2C1O. The third-order valence-corrected chi connectivity index (χ3v) is 6.19. The van der Waals surface area contributed by atoms with E-state index >= 15 is 0 Å². The Kier molecular flexibility index (Phi) is 9.02. The average molecular weight is 489 g/mol. The maximum Gasteiger partial charge on any atom is 0.247 e. The van der Waals surface area contributed by atoms with Gasteiger partial charge in [-0.15, -0.1) is 6.58 Å². The molecule has 1 aliphatic heterocycles. The number of fused-ring (bicyclic) bond motifs is 3. The number of aliphatic hydroxyl groups is 2. The van der Waals surface area contributed by atoms with Gasteiger partial charge in [-0.1, -0.05) is 6.08 Å². The summed E-state index contributed by atoms with van der Waals surface area (Å²) in [5, 5.41) is 23.3. The summed E-state index contributed by atoms with van der Waals surface area (Å²) in [5.41, 5.74) is 1.13. The van der Waals surface area contributed by atoms with Gasteiger partial charge in [-0.2, -0.15) is 0 Å². The van der Waals surface area contributed by atoms with Crippen molar-refractivity contribution < 1.29 is 38.8 Å². The fourth-order valence-corrected chi connectivity index (χ4v) is 4.56. The van der Waals surface area contributed by atoms with Crippen LogP contribution >= 0.6 is 0 Å². The van der Waals surface area contributed by atoms with Gasteiger partial charge >= 0.3 is 0 Å². The molecule has 1 aromatic carbocycles. The van der Waals surface area contributed by atoms with E-state index in [1.54, 1.807) is 18.2 Å². The lowest BCUT2D eigenvalue weighted by Crippen LogP contribution is -2.56. The molecule has 10 nitrogen and oxygen atoms in total. The summed E-state index contributed by atoms with van der Waals surface area (Å²) in [4.78, 5) is 39.2. The largest absolute Gasteiger partial charge is 0.493 e. The number of rotatable bonds is 12. The van der Waals surface area contributed by atoms with Crippen molar-refractivity contribution in [3.05, 3.63) is 47.6 Å². The summed E-state index contributed by atoms with van der Waals surface area (Å²) in [7, 11) is 2.95. The van der Waals surface area contributed by atoms with Gasteiger partial charge in [0.1, 0.15) is 18.5 Å². The minimum atomic E-state index is -1.18. The second-order valence-corrected chi connectivity index (χ2v) is 8.31. The first-order valence-corrected chi connectivity index (χ1v) is 11.4. The molecule has 3 N–H and O–H groups in total. The second kappa shape index (κ2) is 12.0. The Hall–Kier alpha value is -3.21. The number of ether oxygens (including phenoxy) is 3. The third-order valence-electron chi connectivity index (χ3n) is 6.19. The van der Waals surface area contributed by atoms with E-state index in [1.807, 2.05) is 0 Å². The normalized spacial score (nSPS) is 22.2. The molecular weight excluding hydrogens is 456 g/mol. The lowest BCUT2D eigenvalue weighted by Gasteiger charge is -2.40. The first kappa shape index (κ1) is 26.4. The predicted octanol–water partition coefficient (Wildman–Crippen LogP) is 0.572. The minimum absolute atomic E-state index is 0.0256. The summed E-state index contributed by atoms with van der Waals surface area (Å²) < 4.78 is 16.7. The molecule has 2 aliphatic rings. The number of aldehydes is 1. The second-order valence-electron chi connectivity index (χ2n) is 8.31. The lowest BCUT2D eigenvalue weighted by molar-refractivity contribution is -0.138. The standard InChI is InChI=1S/C25H32N2O8/c1-4-5-6-20(30)27(8-10-33-2)18-13-17(25(32)26-7-9-28)21-16-11-15(14-29)12-19(34-3)23(16)35-24(21)22(18)31/h4,11-14,18,21-22,24,28,31H,1,5-10H2,2-3H3,(H,26,32). The number of carbonyl (C=O) groups excluding carboxylic acids is 3. The van der Waals surface area contributed by atoms with Gasteiger partial charge in [-0.05, 0) is 24.6 Å². The van der Waals surface area contributed by atoms with Gasteiger partial charge < -0.3 is 34.6 Å². The molecule has 190 valence electrons.